The summed E-state index contributed by atoms with van der Waals surface area (Å²) in [4.78, 5) is 0. The van der Waals surface area contributed by atoms with Gasteiger partial charge < -0.3 is 10.1 Å². The third kappa shape index (κ3) is 2.19. The third-order valence-electron chi connectivity index (χ3n) is 3.84. The van der Waals surface area contributed by atoms with Gasteiger partial charge in [0.05, 0.1) is 0 Å². The highest BCUT2D eigenvalue weighted by atomic mass is 16.5. The molecule has 0 aliphatic carbocycles. The summed E-state index contributed by atoms with van der Waals surface area (Å²) in [6.07, 6.45) is 3.50. The molecule has 17 heavy (non-hydrogen) atoms. The molecule has 0 aromatic heterocycles. The highest BCUT2D eigenvalue weighted by Crippen LogP contribution is 2.38. The van der Waals surface area contributed by atoms with E-state index in [4.69, 9.17) is 4.74 Å². The number of fused-ring (bicyclic) bond motifs is 1. The van der Waals surface area contributed by atoms with Crippen molar-refractivity contribution in [1.29, 1.82) is 0 Å². The van der Waals surface area contributed by atoms with Gasteiger partial charge in [0, 0.05) is 6.42 Å². The summed E-state index contributed by atoms with van der Waals surface area (Å²) in [6.45, 7) is 6.68. The van der Waals surface area contributed by atoms with Crippen molar-refractivity contribution >= 4 is 0 Å². The Morgan fingerprint density at radius 1 is 1.41 bits per heavy atom. The summed E-state index contributed by atoms with van der Waals surface area (Å²) in [5.41, 5.74) is 2.77. The quantitative estimate of drug-likeness (QED) is 0.844. The first-order chi connectivity index (χ1) is 8.14. The molecule has 0 saturated carbocycles. The Balaban J connectivity index is 1.84. The minimum absolute atomic E-state index is 0.0215. The van der Waals surface area contributed by atoms with Crippen molar-refractivity contribution in [2.24, 2.45) is 5.92 Å². The molecule has 2 aliphatic heterocycles. The van der Waals surface area contributed by atoms with Crippen LogP contribution in [0.5, 0.6) is 5.75 Å². The number of hydrogen-bond acceptors (Lipinski definition) is 2. The van der Waals surface area contributed by atoms with E-state index in [0.29, 0.717) is 0 Å². The summed E-state index contributed by atoms with van der Waals surface area (Å²) in [7, 11) is 0. The Bertz CT molecular complexity index is 419. The van der Waals surface area contributed by atoms with E-state index >= 15 is 0 Å². The van der Waals surface area contributed by atoms with Crippen molar-refractivity contribution in [1.82, 2.24) is 5.32 Å². The molecule has 1 atom stereocenters. The lowest BCUT2D eigenvalue weighted by molar-refractivity contribution is 0.137. The van der Waals surface area contributed by atoms with Gasteiger partial charge in [-0.05, 0) is 56.8 Å². The zero-order chi connectivity index (χ0) is 11.9. The van der Waals surface area contributed by atoms with Gasteiger partial charge in [-0.25, -0.2) is 0 Å². The van der Waals surface area contributed by atoms with Crippen LogP contribution < -0.4 is 10.1 Å². The standard InChI is InChI=1S/C15H21NO/c1-15(2)9-13-5-3-4-12(14(13)17-15)8-11-6-7-16-10-11/h3-5,11,16H,6-10H2,1-2H3. The fraction of sp³-hybridized carbons (Fsp3) is 0.600. The SMILES string of the molecule is CC1(C)Cc2cccc(CC3CCNC3)c2O1. The van der Waals surface area contributed by atoms with Crippen molar-refractivity contribution in [3.63, 3.8) is 0 Å². The van der Waals surface area contributed by atoms with E-state index < -0.39 is 0 Å². The lowest BCUT2D eigenvalue weighted by Gasteiger charge is -2.19. The molecule has 1 unspecified atom stereocenters. The van der Waals surface area contributed by atoms with Gasteiger partial charge in [-0.2, -0.15) is 0 Å². The molecular formula is C15H21NO. The second kappa shape index (κ2) is 4.02. The molecule has 2 aliphatic rings. The smallest absolute Gasteiger partial charge is 0.126 e. The Morgan fingerprint density at radius 2 is 2.29 bits per heavy atom. The Hall–Kier alpha value is -1.02. The molecule has 1 aromatic rings. The highest BCUT2D eigenvalue weighted by Gasteiger charge is 2.32. The van der Waals surface area contributed by atoms with Crippen LogP contribution in [0.1, 0.15) is 31.4 Å². The lowest BCUT2D eigenvalue weighted by Crippen LogP contribution is -2.25. The van der Waals surface area contributed by atoms with Gasteiger partial charge in [-0.3, -0.25) is 0 Å². The number of ether oxygens (including phenoxy) is 1. The molecule has 0 spiro atoms. The molecule has 92 valence electrons. The summed E-state index contributed by atoms with van der Waals surface area (Å²) < 4.78 is 6.12. The maximum absolute atomic E-state index is 6.12. The highest BCUT2D eigenvalue weighted by molar-refractivity contribution is 5.46. The predicted octanol–water partition coefficient (Wildman–Crippen LogP) is 2.55. The van der Waals surface area contributed by atoms with E-state index in [2.05, 4.69) is 37.4 Å². The van der Waals surface area contributed by atoms with Gasteiger partial charge in [-0.15, -0.1) is 0 Å². The molecule has 0 radical (unpaired) electrons. The monoisotopic (exact) mass is 231 g/mol. The minimum Gasteiger partial charge on any atom is -0.487 e. The number of benzene rings is 1. The average Bonchev–Trinajstić information content (AvgIpc) is 2.84. The van der Waals surface area contributed by atoms with E-state index in [1.807, 2.05) is 0 Å². The molecule has 2 heterocycles. The van der Waals surface area contributed by atoms with Crippen LogP contribution in [0.15, 0.2) is 18.2 Å². The first kappa shape index (κ1) is 11.1. The zero-order valence-electron chi connectivity index (χ0n) is 10.8. The normalized spacial score (nSPS) is 25.6. The summed E-state index contributed by atoms with van der Waals surface area (Å²) in [5.74, 6) is 1.96. The molecule has 1 N–H and O–H groups in total. The number of hydrogen-bond donors (Lipinski definition) is 1. The van der Waals surface area contributed by atoms with Crippen LogP contribution in [0, 0.1) is 5.92 Å². The molecule has 1 fully saturated rings. The molecule has 0 bridgehead atoms. The molecular weight excluding hydrogens is 210 g/mol. The van der Waals surface area contributed by atoms with Crippen molar-refractivity contribution < 1.29 is 4.74 Å². The maximum atomic E-state index is 6.12. The van der Waals surface area contributed by atoms with E-state index in [1.54, 1.807) is 0 Å². The van der Waals surface area contributed by atoms with E-state index in [9.17, 15) is 0 Å². The van der Waals surface area contributed by atoms with Crippen molar-refractivity contribution in [3.8, 4) is 5.75 Å². The lowest BCUT2D eigenvalue weighted by atomic mass is 9.95. The van der Waals surface area contributed by atoms with E-state index in [0.717, 1.165) is 25.3 Å². The largest absolute Gasteiger partial charge is 0.487 e. The molecule has 1 saturated heterocycles. The van der Waals surface area contributed by atoms with Crippen LogP contribution >= 0.6 is 0 Å². The molecule has 2 heteroatoms. The zero-order valence-corrected chi connectivity index (χ0v) is 10.8. The topological polar surface area (TPSA) is 21.3 Å². The molecule has 2 nitrogen and oxygen atoms in total. The summed E-state index contributed by atoms with van der Waals surface area (Å²) >= 11 is 0. The second-order valence-corrected chi connectivity index (χ2v) is 6.01. The van der Waals surface area contributed by atoms with Crippen molar-refractivity contribution in [3.05, 3.63) is 29.3 Å². The van der Waals surface area contributed by atoms with Gasteiger partial charge in [0.25, 0.3) is 0 Å². The van der Waals surface area contributed by atoms with Crippen molar-refractivity contribution in [2.45, 2.75) is 38.7 Å². The van der Waals surface area contributed by atoms with Crippen LogP contribution in [0.3, 0.4) is 0 Å². The second-order valence-electron chi connectivity index (χ2n) is 6.01. The first-order valence-electron chi connectivity index (χ1n) is 6.64. The van der Waals surface area contributed by atoms with Gasteiger partial charge in [-0.1, -0.05) is 18.2 Å². The van der Waals surface area contributed by atoms with Gasteiger partial charge in [0.2, 0.25) is 0 Å². The number of rotatable bonds is 2. The Labute approximate surface area is 103 Å². The summed E-state index contributed by atoms with van der Waals surface area (Å²) in [5, 5.41) is 3.44. The summed E-state index contributed by atoms with van der Waals surface area (Å²) in [6, 6.07) is 6.63. The number of para-hydroxylation sites is 1. The molecule has 3 rings (SSSR count). The predicted molar refractivity (Wildman–Crippen MR) is 69.5 cm³/mol. The van der Waals surface area contributed by atoms with E-state index in [1.165, 1.54) is 29.8 Å². The Kier molecular flexibility index (Phi) is 2.62. The first-order valence-corrected chi connectivity index (χ1v) is 6.64. The van der Waals surface area contributed by atoms with Gasteiger partial charge in [0.15, 0.2) is 0 Å². The number of nitrogens with one attached hydrogen (secondary N) is 1. The minimum atomic E-state index is -0.0215. The van der Waals surface area contributed by atoms with Crippen LogP contribution in [0.25, 0.3) is 0 Å². The average molecular weight is 231 g/mol. The molecule has 0 amide bonds. The van der Waals surface area contributed by atoms with Crippen LogP contribution in [0.2, 0.25) is 0 Å². The Morgan fingerprint density at radius 3 is 3.06 bits per heavy atom. The van der Waals surface area contributed by atoms with Gasteiger partial charge in [0.1, 0.15) is 11.4 Å². The van der Waals surface area contributed by atoms with Crippen LogP contribution in [-0.4, -0.2) is 18.7 Å². The van der Waals surface area contributed by atoms with Crippen molar-refractivity contribution in [2.75, 3.05) is 13.1 Å². The van der Waals surface area contributed by atoms with Crippen LogP contribution in [-0.2, 0) is 12.8 Å². The molecule has 1 aromatic carbocycles. The fourth-order valence-corrected chi connectivity index (χ4v) is 3.04. The third-order valence-corrected chi connectivity index (χ3v) is 3.84. The fourth-order valence-electron chi connectivity index (χ4n) is 3.04. The van der Waals surface area contributed by atoms with E-state index in [-0.39, 0.29) is 5.60 Å². The maximum Gasteiger partial charge on any atom is 0.126 e. The van der Waals surface area contributed by atoms with Gasteiger partial charge >= 0.3 is 0 Å². The van der Waals surface area contributed by atoms with Crippen LogP contribution in [0.4, 0.5) is 0 Å².